The molecule has 7 nitrogen and oxygen atoms in total. The van der Waals surface area contributed by atoms with Crippen LogP contribution in [0.3, 0.4) is 0 Å². The highest BCUT2D eigenvalue weighted by molar-refractivity contribution is 5.62. The van der Waals surface area contributed by atoms with Crippen molar-refractivity contribution in [3.05, 3.63) is 33.9 Å². The molecule has 1 aliphatic heterocycles. The van der Waals surface area contributed by atoms with Crippen LogP contribution in [0.4, 0.5) is 11.4 Å². The van der Waals surface area contributed by atoms with E-state index in [-0.39, 0.29) is 23.3 Å². The van der Waals surface area contributed by atoms with E-state index in [1.54, 1.807) is 12.1 Å². The fraction of sp³-hybridized carbons (Fsp3) is 0.571. The van der Waals surface area contributed by atoms with Crippen molar-refractivity contribution >= 4 is 11.4 Å². The smallest absolute Gasteiger partial charge is 0.292 e. The molecule has 1 unspecified atom stereocenters. The zero-order chi connectivity index (χ0) is 15.2. The van der Waals surface area contributed by atoms with E-state index in [1.807, 2.05) is 13.0 Å². The van der Waals surface area contributed by atoms with Gasteiger partial charge in [-0.15, -0.1) is 0 Å². The van der Waals surface area contributed by atoms with E-state index in [0.29, 0.717) is 31.9 Å². The summed E-state index contributed by atoms with van der Waals surface area (Å²) in [5.41, 5.74) is 1.53. The molecule has 0 aromatic heterocycles. The van der Waals surface area contributed by atoms with Gasteiger partial charge < -0.3 is 15.2 Å². The first-order valence-corrected chi connectivity index (χ1v) is 7.10. The summed E-state index contributed by atoms with van der Waals surface area (Å²) in [5, 5.41) is 23.3. The Kier molecular flexibility index (Phi) is 5.49. The number of aliphatic hydroxyl groups excluding tert-OH is 1. The number of nitrogens with one attached hydrogen (secondary N) is 1. The second-order valence-corrected chi connectivity index (χ2v) is 5.05. The third-order valence-corrected chi connectivity index (χ3v) is 3.46. The molecule has 21 heavy (non-hydrogen) atoms. The molecule has 1 fully saturated rings. The molecule has 1 aromatic rings. The first kappa shape index (κ1) is 15.7. The predicted molar refractivity (Wildman–Crippen MR) is 79.4 cm³/mol. The third kappa shape index (κ3) is 4.13. The Morgan fingerprint density at radius 1 is 1.57 bits per heavy atom. The normalized spacial score (nSPS) is 19.4. The highest BCUT2D eigenvalue weighted by atomic mass is 16.6. The van der Waals surface area contributed by atoms with E-state index in [2.05, 4.69) is 10.2 Å². The summed E-state index contributed by atoms with van der Waals surface area (Å²) >= 11 is 0. The van der Waals surface area contributed by atoms with Gasteiger partial charge in [-0.2, -0.15) is 0 Å². The molecule has 0 saturated carbocycles. The van der Waals surface area contributed by atoms with Crippen LogP contribution in [-0.4, -0.2) is 53.9 Å². The van der Waals surface area contributed by atoms with Gasteiger partial charge in [-0.1, -0.05) is 6.07 Å². The second-order valence-electron chi connectivity index (χ2n) is 5.05. The summed E-state index contributed by atoms with van der Waals surface area (Å²) < 4.78 is 5.40. The van der Waals surface area contributed by atoms with Crippen molar-refractivity contribution in [2.45, 2.75) is 19.6 Å². The zero-order valence-electron chi connectivity index (χ0n) is 12.1. The lowest BCUT2D eigenvalue weighted by Gasteiger charge is -2.31. The molecular weight excluding hydrogens is 274 g/mol. The number of hydrogen-bond donors (Lipinski definition) is 2. The Labute approximate surface area is 123 Å². The van der Waals surface area contributed by atoms with Gasteiger partial charge in [-0.25, -0.2) is 0 Å². The van der Waals surface area contributed by atoms with Gasteiger partial charge in [-0.3, -0.25) is 15.0 Å². The van der Waals surface area contributed by atoms with Crippen LogP contribution in [0.5, 0.6) is 0 Å². The number of nitrogens with zero attached hydrogens (tertiary/aromatic N) is 2. The number of benzene rings is 1. The van der Waals surface area contributed by atoms with Crippen molar-refractivity contribution in [1.29, 1.82) is 0 Å². The lowest BCUT2D eigenvalue weighted by atomic mass is 10.1. The minimum Gasteiger partial charge on any atom is -0.394 e. The molecule has 2 rings (SSSR count). The SMILES string of the molecule is CCNc1ccc(CN2CCOC(CO)C2)cc1[N+](=O)[O-]. The van der Waals surface area contributed by atoms with Gasteiger partial charge in [0.25, 0.3) is 5.69 Å². The summed E-state index contributed by atoms with van der Waals surface area (Å²) in [6.07, 6.45) is -0.172. The Morgan fingerprint density at radius 3 is 3.05 bits per heavy atom. The van der Waals surface area contributed by atoms with Crippen LogP contribution in [0.25, 0.3) is 0 Å². The molecule has 116 valence electrons. The van der Waals surface area contributed by atoms with Crippen molar-refractivity contribution < 1.29 is 14.8 Å². The van der Waals surface area contributed by atoms with Crippen LogP contribution in [0.1, 0.15) is 12.5 Å². The molecule has 1 atom stereocenters. The van der Waals surface area contributed by atoms with E-state index >= 15 is 0 Å². The van der Waals surface area contributed by atoms with Gasteiger partial charge in [0.2, 0.25) is 0 Å². The van der Waals surface area contributed by atoms with E-state index in [0.717, 1.165) is 12.1 Å². The highest BCUT2D eigenvalue weighted by Gasteiger charge is 2.21. The van der Waals surface area contributed by atoms with Crippen LogP contribution < -0.4 is 5.32 Å². The predicted octanol–water partition coefficient (Wildman–Crippen LogP) is 1.22. The molecule has 0 radical (unpaired) electrons. The summed E-state index contributed by atoms with van der Waals surface area (Å²) in [7, 11) is 0. The third-order valence-electron chi connectivity index (χ3n) is 3.46. The van der Waals surface area contributed by atoms with Crippen LogP contribution in [-0.2, 0) is 11.3 Å². The van der Waals surface area contributed by atoms with Crippen molar-refractivity contribution in [2.24, 2.45) is 0 Å². The van der Waals surface area contributed by atoms with Crippen LogP contribution >= 0.6 is 0 Å². The van der Waals surface area contributed by atoms with E-state index < -0.39 is 0 Å². The summed E-state index contributed by atoms with van der Waals surface area (Å²) in [6, 6.07) is 5.26. The molecule has 0 bridgehead atoms. The molecular formula is C14H21N3O4. The van der Waals surface area contributed by atoms with Gasteiger partial charge >= 0.3 is 0 Å². The van der Waals surface area contributed by atoms with Crippen LogP contribution in [0, 0.1) is 10.1 Å². The maximum absolute atomic E-state index is 11.1. The van der Waals surface area contributed by atoms with E-state index in [4.69, 9.17) is 9.84 Å². The number of nitro benzene ring substituents is 1. The van der Waals surface area contributed by atoms with Crippen molar-refractivity contribution in [3.8, 4) is 0 Å². The van der Waals surface area contributed by atoms with Gasteiger partial charge in [0, 0.05) is 32.2 Å². The molecule has 0 aliphatic carbocycles. The zero-order valence-corrected chi connectivity index (χ0v) is 12.1. The lowest BCUT2D eigenvalue weighted by molar-refractivity contribution is -0.384. The number of morpholine rings is 1. The Morgan fingerprint density at radius 2 is 2.38 bits per heavy atom. The Balaban J connectivity index is 2.09. The van der Waals surface area contributed by atoms with Crippen molar-refractivity contribution in [2.75, 3.05) is 38.2 Å². The molecule has 1 aliphatic rings. The molecule has 7 heteroatoms. The summed E-state index contributed by atoms with van der Waals surface area (Å²) in [4.78, 5) is 12.9. The quantitative estimate of drug-likeness (QED) is 0.606. The minimum absolute atomic E-state index is 0.00396. The molecule has 1 saturated heterocycles. The molecule has 1 heterocycles. The number of anilines is 1. The van der Waals surface area contributed by atoms with E-state index in [1.165, 1.54) is 0 Å². The first-order chi connectivity index (χ1) is 10.1. The monoisotopic (exact) mass is 295 g/mol. The number of aliphatic hydroxyl groups is 1. The van der Waals surface area contributed by atoms with E-state index in [9.17, 15) is 10.1 Å². The first-order valence-electron chi connectivity index (χ1n) is 7.10. The molecule has 1 aromatic carbocycles. The highest BCUT2D eigenvalue weighted by Crippen LogP contribution is 2.26. The lowest BCUT2D eigenvalue weighted by Crippen LogP contribution is -2.43. The van der Waals surface area contributed by atoms with Gasteiger partial charge in [0.1, 0.15) is 5.69 Å². The second kappa shape index (κ2) is 7.35. The average molecular weight is 295 g/mol. The Hall–Kier alpha value is -1.70. The average Bonchev–Trinajstić information content (AvgIpc) is 2.49. The van der Waals surface area contributed by atoms with Crippen LogP contribution in [0.2, 0.25) is 0 Å². The van der Waals surface area contributed by atoms with Gasteiger partial charge in [0.05, 0.1) is 24.2 Å². The minimum atomic E-state index is -0.364. The fourth-order valence-corrected chi connectivity index (χ4v) is 2.46. The fourth-order valence-electron chi connectivity index (χ4n) is 2.46. The maximum Gasteiger partial charge on any atom is 0.292 e. The van der Waals surface area contributed by atoms with Crippen molar-refractivity contribution in [1.82, 2.24) is 4.90 Å². The summed E-state index contributed by atoms with van der Waals surface area (Å²) in [5.74, 6) is 0. The topological polar surface area (TPSA) is 87.9 Å². The number of hydrogen-bond acceptors (Lipinski definition) is 6. The molecule has 0 amide bonds. The standard InChI is InChI=1S/C14H21N3O4/c1-2-15-13-4-3-11(7-14(13)17(19)20)8-16-5-6-21-12(9-16)10-18/h3-4,7,12,15,18H,2,5-6,8-10H2,1H3. The van der Waals surface area contributed by atoms with Gasteiger partial charge in [0.15, 0.2) is 0 Å². The molecule has 0 spiro atoms. The number of rotatable bonds is 6. The summed E-state index contributed by atoms with van der Waals surface area (Å²) in [6.45, 7) is 5.13. The number of ether oxygens (including phenoxy) is 1. The maximum atomic E-state index is 11.1. The van der Waals surface area contributed by atoms with Crippen molar-refractivity contribution in [3.63, 3.8) is 0 Å². The molecule has 2 N–H and O–H groups in total. The Bertz CT molecular complexity index is 495. The van der Waals surface area contributed by atoms with Crippen LogP contribution in [0.15, 0.2) is 18.2 Å². The largest absolute Gasteiger partial charge is 0.394 e. The number of nitro groups is 1. The van der Waals surface area contributed by atoms with Gasteiger partial charge in [-0.05, 0) is 18.6 Å².